The molecule has 0 radical (unpaired) electrons. The predicted octanol–water partition coefficient (Wildman–Crippen LogP) is 0.312. The fraction of sp³-hybridized carbons (Fsp3) is 0.700. The van der Waals surface area contributed by atoms with Crippen LogP contribution in [0.15, 0.2) is 12.4 Å². The minimum Gasteiger partial charge on any atom is -0.381 e. The van der Waals surface area contributed by atoms with Gasteiger partial charge in [-0.2, -0.15) is 5.10 Å². The van der Waals surface area contributed by atoms with Crippen LogP contribution in [0.25, 0.3) is 0 Å². The first-order chi connectivity index (χ1) is 6.77. The van der Waals surface area contributed by atoms with Crippen molar-refractivity contribution in [3.8, 4) is 0 Å². The lowest BCUT2D eigenvalue weighted by Crippen LogP contribution is -2.16. The van der Waals surface area contributed by atoms with Gasteiger partial charge in [-0.3, -0.25) is 4.68 Å². The third-order valence-corrected chi connectivity index (χ3v) is 3.54. The van der Waals surface area contributed by atoms with E-state index in [1.807, 2.05) is 24.1 Å². The molecule has 14 heavy (non-hydrogen) atoms. The van der Waals surface area contributed by atoms with Gasteiger partial charge in [-0.1, -0.05) is 0 Å². The first kappa shape index (κ1) is 8.44. The van der Waals surface area contributed by atoms with Crippen LogP contribution in [-0.2, 0) is 11.8 Å². The molecular formula is C10H15N3O. The molecule has 2 heterocycles. The Kier molecular flexibility index (Phi) is 1.69. The molecule has 1 aromatic rings. The zero-order valence-corrected chi connectivity index (χ0v) is 8.26. The zero-order valence-electron chi connectivity index (χ0n) is 8.26. The second kappa shape index (κ2) is 2.81. The highest BCUT2D eigenvalue weighted by Crippen LogP contribution is 2.55. The Bertz CT molecular complexity index is 339. The Morgan fingerprint density at radius 1 is 1.57 bits per heavy atom. The number of hydrogen-bond acceptors (Lipinski definition) is 3. The van der Waals surface area contributed by atoms with E-state index in [9.17, 15) is 0 Å². The summed E-state index contributed by atoms with van der Waals surface area (Å²) in [5, 5.41) is 4.15. The van der Waals surface area contributed by atoms with Gasteiger partial charge in [-0.25, -0.2) is 0 Å². The van der Waals surface area contributed by atoms with Gasteiger partial charge >= 0.3 is 0 Å². The van der Waals surface area contributed by atoms with E-state index >= 15 is 0 Å². The Hall–Kier alpha value is -0.870. The van der Waals surface area contributed by atoms with Gasteiger partial charge in [0.25, 0.3) is 0 Å². The largest absolute Gasteiger partial charge is 0.381 e. The van der Waals surface area contributed by atoms with Gasteiger partial charge in [0.2, 0.25) is 0 Å². The van der Waals surface area contributed by atoms with Crippen LogP contribution in [0.2, 0.25) is 0 Å². The van der Waals surface area contributed by atoms with E-state index in [4.69, 9.17) is 10.5 Å². The lowest BCUT2D eigenvalue weighted by atomic mass is 10.0. The van der Waals surface area contributed by atoms with E-state index in [1.165, 1.54) is 0 Å². The standard InChI is InChI=1S/C10H15N3O/c1-13-3-6(2-12-13)10(11)9-7-4-14-5-8(7)9/h2-3,7-10H,4-5,11H2,1H3. The minimum atomic E-state index is 0.155. The topological polar surface area (TPSA) is 53.1 Å². The normalized spacial score (nSPS) is 36.9. The maximum absolute atomic E-state index is 6.20. The molecule has 3 unspecified atom stereocenters. The number of rotatable bonds is 2. The van der Waals surface area contributed by atoms with Crippen molar-refractivity contribution in [3.63, 3.8) is 0 Å². The van der Waals surface area contributed by atoms with E-state index in [1.54, 1.807) is 0 Å². The number of hydrogen-bond donors (Lipinski definition) is 1. The molecule has 4 heteroatoms. The minimum absolute atomic E-state index is 0.155. The molecule has 4 nitrogen and oxygen atoms in total. The van der Waals surface area contributed by atoms with Gasteiger partial charge in [0.15, 0.2) is 0 Å². The van der Waals surface area contributed by atoms with Gasteiger partial charge in [-0.05, 0) is 17.8 Å². The van der Waals surface area contributed by atoms with Gasteiger partial charge in [0, 0.05) is 24.8 Å². The number of aryl methyl sites for hydroxylation is 1. The quantitative estimate of drug-likeness (QED) is 0.735. The summed E-state index contributed by atoms with van der Waals surface area (Å²) in [6.45, 7) is 1.81. The number of nitrogens with zero attached hydrogens (tertiary/aromatic N) is 2. The van der Waals surface area contributed by atoms with Crippen LogP contribution in [-0.4, -0.2) is 23.0 Å². The summed E-state index contributed by atoms with van der Waals surface area (Å²) < 4.78 is 7.16. The fourth-order valence-electron chi connectivity index (χ4n) is 2.65. The summed E-state index contributed by atoms with van der Waals surface area (Å²) in [4.78, 5) is 0. The Morgan fingerprint density at radius 3 is 2.86 bits per heavy atom. The molecule has 3 rings (SSSR count). The van der Waals surface area contributed by atoms with Gasteiger partial charge in [0.1, 0.15) is 0 Å². The number of aromatic nitrogens is 2. The molecule has 0 bridgehead atoms. The van der Waals surface area contributed by atoms with Crippen molar-refractivity contribution in [2.75, 3.05) is 13.2 Å². The van der Waals surface area contributed by atoms with Gasteiger partial charge in [-0.15, -0.1) is 0 Å². The maximum atomic E-state index is 6.20. The molecule has 1 saturated heterocycles. The summed E-state index contributed by atoms with van der Waals surface area (Å²) in [7, 11) is 1.92. The van der Waals surface area contributed by atoms with Crippen LogP contribution < -0.4 is 5.73 Å². The molecule has 0 spiro atoms. The van der Waals surface area contributed by atoms with Crippen molar-refractivity contribution in [1.82, 2.24) is 9.78 Å². The second-order valence-corrected chi connectivity index (χ2v) is 4.42. The SMILES string of the molecule is Cn1cc(C(N)C2C3COCC32)cn1. The molecule has 1 aliphatic carbocycles. The zero-order chi connectivity index (χ0) is 9.71. The Labute approximate surface area is 83.0 Å². The van der Waals surface area contributed by atoms with Crippen LogP contribution in [0.3, 0.4) is 0 Å². The van der Waals surface area contributed by atoms with Crippen LogP contribution in [0.5, 0.6) is 0 Å². The first-order valence-electron chi connectivity index (χ1n) is 5.09. The average molecular weight is 193 g/mol. The number of nitrogens with two attached hydrogens (primary N) is 1. The molecule has 1 saturated carbocycles. The molecule has 1 aromatic heterocycles. The van der Waals surface area contributed by atoms with Crippen molar-refractivity contribution < 1.29 is 4.74 Å². The summed E-state index contributed by atoms with van der Waals surface area (Å²) in [6, 6.07) is 0.155. The van der Waals surface area contributed by atoms with E-state index in [0.29, 0.717) is 17.8 Å². The molecular weight excluding hydrogens is 178 g/mol. The highest BCUT2D eigenvalue weighted by atomic mass is 16.5. The molecule has 0 aromatic carbocycles. The van der Waals surface area contributed by atoms with Gasteiger partial charge < -0.3 is 10.5 Å². The molecule has 0 amide bonds. The Balaban J connectivity index is 1.75. The van der Waals surface area contributed by atoms with Crippen LogP contribution in [0.4, 0.5) is 0 Å². The summed E-state index contributed by atoms with van der Waals surface area (Å²) in [5.41, 5.74) is 7.35. The smallest absolute Gasteiger partial charge is 0.0537 e. The molecule has 3 atom stereocenters. The van der Waals surface area contributed by atoms with Crippen LogP contribution >= 0.6 is 0 Å². The first-order valence-corrected chi connectivity index (χ1v) is 5.09. The Morgan fingerprint density at radius 2 is 2.29 bits per heavy atom. The molecule has 2 aliphatic rings. The predicted molar refractivity (Wildman–Crippen MR) is 51.4 cm³/mol. The summed E-state index contributed by atoms with van der Waals surface area (Å²) >= 11 is 0. The lowest BCUT2D eigenvalue weighted by molar-refractivity contribution is 0.146. The molecule has 2 N–H and O–H groups in total. The van der Waals surface area contributed by atoms with E-state index < -0.39 is 0 Å². The van der Waals surface area contributed by atoms with Crippen molar-refractivity contribution >= 4 is 0 Å². The number of ether oxygens (including phenoxy) is 1. The third-order valence-electron chi connectivity index (χ3n) is 3.54. The van der Waals surface area contributed by atoms with Crippen molar-refractivity contribution in [2.24, 2.45) is 30.5 Å². The van der Waals surface area contributed by atoms with Gasteiger partial charge in [0.05, 0.1) is 19.4 Å². The average Bonchev–Trinajstić information content (AvgIpc) is 2.56. The van der Waals surface area contributed by atoms with Crippen LogP contribution in [0.1, 0.15) is 11.6 Å². The third kappa shape index (κ3) is 1.11. The summed E-state index contributed by atoms with van der Waals surface area (Å²) in [5.74, 6) is 2.06. The van der Waals surface area contributed by atoms with E-state index in [0.717, 1.165) is 18.8 Å². The summed E-state index contributed by atoms with van der Waals surface area (Å²) in [6.07, 6.45) is 3.89. The molecule has 1 aliphatic heterocycles. The van der Waals surface area contributed by atoms with E-state index in [2.05, 4.69) is 5.10 Å². The second-order valence-electron chi connectivity index (χ2n) is 4.42. The maximum Gasteiger partial charge on any atom is 0.0537 e. The highest BCUT2D eigenvalue weighted by Gasteiger charge is 2.56. The molecule has 76 valence electrons. The fourth-order valence-corrected chi connectivity index (χ4v) is 2.65. The van der Waals surface area contributed by atoms with E-state index in [-0.39, 0.29) is 6.04 Å². The van der Waals surface area contributed by atoms with Crippen LogP contribution in [0, 0.1) is 17.8 Å². The number of fused-ring (bicyclic) bond motifs is 1. The monoisotopic (exact) mass is 193 g/mol. The lowest BCUT2D eigenvalue weighted by Gasteiger charge is -2.11. The van der Waals surface area contributed by atoms with Crippen molar-refractivity contribution in [3.05, 3.63) is 18.0 Å². The highest BCUT2D eigenvalue weighted by molar-refractivity contribution is 5.17. The van der Waals surface area contributed by atoms with Crippen molar-refractivity contribution in [2.45, 2.75) is 6.04 Å². The molecule has 2 fully saturated rings. The van der Waals surface area contributed by atoms with Crippen molar-refractivity contribution in [1.29, 1.82) is 0 Å².